The number of halogens is 1. The van der Waals surface area contributed by atoms with E-state index in [1.54, 1.807) is 12.1 Å². The smallest absolute Gasteiger partial charge is 0.241 e. The van der Waals surface area contributed by atoms with E-state index in [4.69, 9.17) is 5.73 Å². The quantitative estimate of drug-likeness (QED) is 0.890. The fourth-order valence-corrected chi connectivity index (χ4v) is 4.49. The Kier molecular flexibility index (Phi) is 6.23. The van der Waals surface area contributed by atoms with Crippen LogP contribution in [0.15, 0.2) is 29.2 Å². The van der Waals surface area contributed by atoms with E-state index in [2.05, 4.69) is 11.6 Å². The number of sulfonamides is 1. The third-order valence-electron chi connectivity index (χ3n) is 4.49. The Morgan fingerprint density at radius 2 is 1.90 bits per heavy atom. The zero-order valence-corrected chi connectivity index (χ0v) is 14.3. The van der Waals surface area contributed by atoms with Gasteiger partial charge >= 0.3 is 0 Å². The SMILES string of the molecule is Cc1ccc(S(=O)(=O)NC2(CN)CCCCC2C)cc1.Cl. The highest BCUT2D eigenvalue weighted by atomic mass is 35.5. The van der Waals surface area contributed by atoms with Crippen LogP contribution >= 0.6 is 12.4 Å². The fraction of sp³-hybridized carbons (Fsp3) is 0.600. The first-order valence-corrected chi connectivity index (χ1v) is 8.69. The average molecular weight is 333 g/mol. The maximum absolute atomic E-state index is 12.6. The summed E-state index contributed by atoms with van der Waals surface area (Å²) in [6.07, 6.45) is 4.01. The van der Waals surface area contributed by atoms with E-state index in [1.165, 1.54) is 0 Å². The van der Waals surface area contributed by atoms with Gasteiger partial charge in [-0.15, -0.1) is 12.4 Å². The van der Waals surface area contributed by atoms with Crippen molar-refractivity contribution in [1.82, 2.24) is 4.72 Å². The van der Waals surface area contributed by atoms with E-state index in [-0.39, 0.29) is 18.3 Å². The van der Waals surface area contributed by atoms with Crippen molar-refractivity contribution in [1.29, 1.82) is 0 Å². The van der Waals surface area contributed by atoms with Gasteiger partial charge in [0.25, 0.3) is 0 Å². The van der Waals surface area contributed by atoms with Crippen LogP contribution in [0.4, 0.5) is 0 Å². The number of aryl methyl sites for hydroxylation is 1. The topological polar surface area (TPSA) is 72.2 Å². The zero-order chi connectivity index (χ0) is 14.8. The fourth-order valence-electron chi connectivity index (χ4n) is 2.95. The number of nitrogens with two attached hydrogens (primary N) is 1. The van der Waals surface area contributed by atoms with Crippen LogP contribution in [0, 0.1) is 12.8 Å². The second kappa shape index (κ2) is 7.09. The van der Waals surface area contributed by atoms with Crippen LogP contribution in [0.1, 0.15) is 38.2 Å². The Morgan fingerprint density at radius 3 is 2.43 bits per heavy atom. The standard InChI is InChI=1S/C15H24N2O2S.ClH/c1-12-6-8-14(9-7-12)20(18,19)17-15(11-16)10-4-3-5-13(15)2;/h6-9,13,17H,3-5,10-11,16H2,1-2H3;1H. The highest BCUT2D eigenvalue weighted by Gasteiger charge is 2.40. The van der Waals surface area contributed by atoms with Crippen LogP contribution in [0.2, 0.25) is 0 Å². The molecule has 4 nitrogen and oxygen atoms in total. The van der Waals surface area contributed by atoms with Gasteiger partial charge in [-0.1, -0.05) is 37.5 Å². The molecule has 2 unspecified atom stereocenters. The molecular formula is C15H25ClN2O2S. The number of rotatable bonds is 4. The second-order valence-corrected chi connectivity index (χ2v) is 7.61. The monoisotopic (exact) mass is 332 g/mol. The minimum atomic E-state index is -3.51. The molecule has 0 aliphatic heterocycles. The van der Waals surface area contributed by atoms with Crippen LogP contribution in [0.3, 0.4) is 0 Å². The summed E-state index contributed by atoms with van der Waals surface area (Å²) in [6.45, 7) is 4.37. The molecule has 21 heavy (non-hydrogen) atoms. The molecule has 1 aliphatic rings. The highest BCUT2D eigenvalue weighted by Crippen LogP contribution is 2.34. The predicted octanol–water partition coefficient (Wildman–Crippen LogP) is 2.60. The molecule has 1 aromatic carbocycles. The summed E-state index contributed by atoms with van der Waals surface area (Å²) in [7, 11) is -3.51. The van der Waals surface area contributed by atoms with Crippen molar-refractivity contribution >= 4 is 22.4 Å². The Morgan fingerprint density at radius 1 is 1.29 bits per heavy atom. The van der Waals surface area contributed by atoms with E-state index in [0.717, 1.165) is 31.2 Å². The molecule has 0 aromatic heterocycles. The minimum absolute atomic E-state index is 0. The molecule has 0 spiro atoms. The highest BCUT2D eigenvalue weighted by molar-refractivity contribution is 7.89. The first-order chi connectivity index (χ1) is 9.39. The van der Waals surface area contributed by atoms with E-state index >= 15 is 0 Å². The molecule has 0 saturated heterocycles. The summed E-state index contributed by atoms with van der Waals surface area (Å²) in [4.78, 5) is 0.314. The van der Waals surface area contributed by atoms with Crippen molar-refractivity contribution in [3.63, 3.8) is 0 Å². The van der Waals surface area contributed by atoms with Crippen molar-refractivity contribution in [2.45, 2.75) is 50.0 Å². The lowest BCUT2D eigenvalue weighted by atomic mass is 9.74. The lowest BCUT2D eigenvalue weighted by Gasteiger charge is -2.42. The van der Waals surface area contributed by atoms with Gasteiger partial charge in [-0.05, 0) is 37.8 Å². The molecule has 2 rings (SSSR count). The van der Waals surface area contributed by atoms with Crippen LogP contribution in [-0.4, -0.2) is 20.5 Å². The van der Waals surface area contributed by atoms with Gasteiger partial charge < -0.3 is 5.73 Å². The maximum Gasteiger partial charge on any atom is 0.241 e. The summed E-state index contributed by atoms with van der Waals surface area (Å²) < 4.78 is 28.0. The Balaban J connectivity index is 0.00000220. The van der Waals surface area contributed by atoms with Crippen molar-refractivity contribution in [3.05, 3.63) is 29.8 Å². The van der Waals surface area contributed by atoms with Crippen LogP contribution in [-0.2, 0) is 10.0 Å². The Bertz CT molecular complexity index is 560. The van der Waals surface area contributed by atoms with Gasteiger partial charge in [0.1, 0.15) is 0 Å². The van der Waals surface area contributed by atoms with Crippen molar-refractivity contribution in [2.24, 2.45) is 11.7 Å². The van der Waals surface area contributed by atoms with Gasteiger partial charge in [-0.25, -0.2) is 13.1 Å². The molecule has 2 atom stereocenters. The summed E-state index contributed by atoms with van der Waals surface area (Å²) >= 11 is 0. The largest absolute Gasteiger partial charge is 0.329 e. The summed E-state index contributed by atoms with van der Waals surface area (Å²) in [5.74, 6) is 0.265. The van der Waals surface area contributed by atoms with Gasteiger partial charge in [-0.3, -0.25) is 0 Å². The number of nitrogens with one attached hydrogen (secondary N) is 1. The van der Waals surface area contributed by atoms with E-state index in [1.807, 2.05) is 19.1 Å². The predicted molar refractivity (Wildman–Crippen MR) is 88.2 cm³/mol. The molecular weight excluding hydrogens is 308 g/mol. The number of hydrogen-bond acceptors (Lipinski definition) is 3. The van der Waals surface area contributed by atoms with Crippen molar-refractivity contribution in [2.75, 3.05) is 6.54 Å². The Labute approximate surface area is 134 Å². The molecule has 0 radical (unpaired) electrons. The van der Waals surface area contributed by atoms with Gasteiger partial charge in [0.05, 0.1) is 4.90 Å². The third kappa shape index (κ3) is 3.97. The van der Waals surface area contributed by atoms with E-state index in [9.17, 15) is 8.42 Å². The average Bonchev–Trinajstić information content (AvgIpc) is 2.42. The summed E-state index contributed by atoms with van der Waals surface area (Å²) in [6, 6.07) is 6.92. The van der Waals surface area contributed by atoms with Crippen LogP contribution in [0.25, 0.3) is 0 Å². The molecule has 0 amide bonds. The van der Waals surface area contributed by atoms with Crippen LogP contribution < -0.4 is 10.5 Å². The van der Waals surface area contributed by atoms with Crippen molar-refractivity contribution in [3.8, 4) is 0 Å². The molecule has 1 aliphatic carbocycles. The number of benzene rings is 1. The van der Waals surface area contributed by atoms with Gasteiger partial charge in [0, 0.05) is 12.1 Å². The van der Waals surface area contributed by atoms with Crippen molar-refractivity contribution < 1.29 is 8.42 Å². The minimum Gasteiger partial charge on any atom is -0.329 e. The van der Waals surface area contributed by atoms with Crippen LogP contribution in [0.5, 0.6) is 0 Å². The van der Waals surface area contributed by atoms with Gasteiger partial charge in [-0.2, -0.15) is 0 Å². The number of hydrogen-bond donors (Lipinski definition) is 2. The first kappa shape index (κ1) is 18.4. The molecule has 120 valence electrons. The molecule has 0 heterocycles. The first-order valence-electron chi connectivity index (χ1n) is 7.20. The normalized spacial score (nSPS) is 26.1. The second-order valence-electron chi connectivity index (χ2n) is 5.93. The summed E-state index contributed by atoms with van der Waals surface area (Å²) in [5, 5.41) is 0. The lowest BCUT2D eigenvalue weighted by molar-refractivity contribution is 0.191. The van der Waals surface area contributed by atoms with E-state index < -0.39 is 15.6 Å². The summed E-state index contributed by atoms with van der Waals surface area (Å²) in [5.41, 5.74) is 6.46. The van der Waals surface area contributed by atoms with E-state index in [0.29, 0.717) is 11.4 Å². The maximum atomic E-state index is 12.6. The molecule has 1 fully saturated rings. The molecule has 1 aromatic rings. The Hall–Kier alpha value is -0.620. The zero-order valence-electron chi connectivity index (χ0n) is 12.6. The molecule has 0 bridgehead atoms. The molecule has 3 N–H and O–H groups in total. The lowest BCUT2D eigenvalue weighted by Crippen LogP contribution is -2.58. The molecule has 1 saturated carbocycles. The molecule has 6 heteroatoms. The van der Waals surface area contributed by atoms with Gasteiger partial charge in [0.2, 0.25) is 10.0 Å². The third-order valence-corrected chi connectivity index (χ3v) is 6.05. The van der Waals surface area contributed by atoms with Gasteiger partial charge in [0.15, 0.2) is 0 Å².